The first kappa shape index (κ1) is 21.8. The third-order valence-electron chi connectivity index (χ3n) is 5.26. The summed E-state index contributed by atoms with van der Waals surface area (Å²) < 4.78 is 5.04. The molecule has 154 valence electrons. The summed E-state index contributed by atoms with van der Waals surface area (Å²) >= 11 is 0. The molecule has 0 bridgehead atoms. The molecule has 3 rings (SSSR count). The van der Waals surface area contributed by atoms with Gasteiger partial charge in [0.25, 0.3) is 0 Å². The lowest BCUT2D eigenvalue weighted by molar-refractivity contribution is -0.143. The average Bonchev–Trinajstić information content (AvgIpc) is 2.85. The molecular weight excluding hydrogens is 386 g/mol. The Hall–Kier alpha value is -3.93. The van der Waals surface area contributed by atoms with Crippen LogP contribution in [0.2, 0.25) is 0 Å². The molecule has 0 amide bonds. The highest BCUT2D eigenvalue weighted by atomic mass is 16.5. The fourth-order valence-corrected chi connectivity index (χ4v) is 3.79. The quantitative estimate of drug-likeness (QED) is 0.342. The number of esters is 1. The molecule has 1 unspecified atom stereocenters. The largest absolute Gasteiger partial charge is 0.468 e. The standard InChI is InChI=1S/C26H23N3O2/c1-28-23(19-27)18-24(25(30)31-2)29-26(20-12-6-3-7-13-20,21-14-8-4-9-15-21)22-16-10-5-11-17-22/h3-17,23-24,29H,18H2,2H3/t23?,24-/m0/s1. The number of hydrogen-bond donors (Lipinski definition) is 1. The molecule has 31 heavy (non-hydrogen) atoms. The smallest absolute Gasteiger partial charge is 0.323 e. The van der Waals surface area contributed by atoms with E-state index in [1.54, 1.807) is 0 Å². The van der Waals surface area contributed by atoms with E-state index in [-0.39, 0.29) is 6.42 Å². The minimum absolute atomic E-state index is 0.0148. The van der Waals surface area contributed by atoms with Crippen LogP contribution in [0.15, 0.2) is 91.0 Å². The first-order chi connectivity index (χ1) is 15.2. The number of methoxy groups -OCH3 is 1. The summed E-state index contributed by atoms with van der Waals surface area (Å²) in [4.78, 5) is 16.1. The van der Waals surface area contributed by atoms with Gasteiger partial charge in [-0.1, -0.05) is 91.0 Å². The zero-order valence-corrected chi connectivity index (χ0v) is 17.2. The molecule has 0 aromatic heterocycles. The highest BCUT2D eigenvalue weighted by molar-refractivity contribution is 5.76. The van der Waals surface area contributed by atoms with Crippen LogP contribution < -0.4 is 5.32 Å². The van der Waals surface area contributed by atoms with E-state index in [1.165, 1.54) is 7.11 Å². The number of hydrogen-bond acceptors (Lipinski definition) is 4. The summed E-state index contributed by atoms with van der Waals surface area (Å²) in [6.45, 7) is 7.30. The molecule has 0 saturated heterocycles. The number of nitrogens with zero attached hydrogens (tertiary/aromatic N) is 2. The monoisotopic (exact) mass is 409 g/mol. The van der Waals surface area contributed by atoms with Crippen molar-refractivity contribution in [3.8, 4) is 6.07 Å². The van der Waals surface area contributed by atoms with Crippen molar-refractivity contribution in [2.24, 2.45) is 0 Å². The third-order valence-corrected chi connectivity index (χ3v) is 5.26. The molecule has 0 aliphatic rings. The van der Waals surface area contributed by atoms with Crippen molar-refractivity contribution in [2.75, 3.05) is 7.11 Å². The summed E-state index contributed by atoms with van der Waals surface area (Å²) in [5, 5.41) is 12.8. The first-order valence-electron chi connectivity index (χ1n) is 9.94. The van der Waals surface area contributed by atoms with Crippen LogP contribution in [0.1, 0.15) is 23.1 Å². The molecule has 0 aliphatic heterocycles. The summed E-state index contributed by atoms with van der Waals surface area (Å²) in [5.41, 5.74) is 1.89. The maximum absolute atomic E-state index is 12.8. The maximum Gasteiger partial charge on any atom is 0.323 e. The van der Waals surface area contributed by atoms with E-state index >= 15 is 0 Å². The van der Waals surface area contributed by atoms with Gasteiger partial charge >= 0.3 is 12.0 Å². The van der Waals surface area contributed by atoms with Gasteiger partial charge in [-0.25, -0.2) is 6.57 Å². The Morgan fingerprint density at radius 1 is 0.968 bits per heavy atom. The predicted molar refractivity (Wildman–Crippen MR) is 119 cm³/mol. The van der Waals surface area contributed by atoms with Crippen molar-refractivity contribution in [1.29, 1.82) is 5.26 Å². The van der Waals surface area contributed by atoms with Gasteiger partial charge in [0.1, 0.15) is 6.04 Å². The molecule has 0 spiro atoms. The van der Waals surface area contributed by atoms with Gasteiger partial charge in [-0.05, 0) is 16.7 Å². The number of nitrogens with one attached hydrogen (secondary N) is 1. The number of carbonyl (C=O) groups excluding carboxylic acids is 1. The second-order valence-corrected chi connectivity index (χ2v) is 7.08. The minimum Gasteiger partial charge on any atom is -0.468 e. The highest BCUT2D eigenvalue weighted by Gasteiger charge is 2.41. The van der Waals surface area contributed by atoms with Crippen LogP contribution in [0, 0.1) is 17.9 Å². The summed E-state index contributed by atoms with van der Waals surface area (Å²) in [6, 6.07) is 29.6. The molecule has 3 aromatic rings. The van der Waals surface area contributed by atoms with Crippen molar-refractivity contribution in [1.82, 2.24) is 5.32 Å². The number of carbonyl (C=O) groups is 1. The topological polar surface area (TPSA) is 66.5 Å². The van der Waals surface area contributed by atoms with Gasteiger partial charge in [-0.3, -0.25) is 15.0 Å². The predicted octanol–water partition coefficient (Wildman–Crippen LogP) is 4.31. The van der Waals surface area contributed by atoms with E-state index in [1.807, 2.05) is 97.1 Å². The number of rotatable bonds is 8. The van der Waals surface area contributed by atoms with E-state index in [2.05, 4.69) is 10.2 Å². The van der Waals surface area contributed by atoms with Crippen molar-refractivity contribution in [2.45, 2.75) is 24.0 Å². The molecule has 2 atom stereocenters. The van der Waals surface area contributed by atoms with E-state index in [4.69, 9.17) is 11.3 Å². The Balaban J connectivity index is 2.25. The van der Waals surface area contributed by atoms with Gasteiger partial charge in [0.15, 0.2) is 6.07 Å². The van der Waals surface area contributed by atoms with Gasteiger partial charge in [0.05, 0.1) is 19.1 Å². The Labute approximate surface area is 182 Å². The number of benzene rings is 3. The Morgan fingerprint density at radius 2 is 1.39 bits per heavy atom. The summed E-state index contributed by atoms with van der Waals surface area (Å²) in [7, 11) is 1.31. The summed E-state index contributed by atoms with van der Waals surface area (Å²) in [6.07, 6.45) is 0.0148. The maximum atomic E-state index is 12.8. The van der Waals surface area contributed by atoms with Crippen LogP contribution in [-0.2, 0) is 15.1 Å². The second-order valence-electron chi connectivity index (χ2n) is 7.08. The lowest BCUT2D eigenvalue weighted by Crippen LogP contribution is -2.53. The van der Waals surface area contributed by atoms with Crippen LogP contribution in [0.4, 0.5) is 0 Å². The molecule has 0 aliphatic carbocycles. The molecule has 5 heteroatoms. The molecule has 1 N–H and O–H groups in total. The van der Waals surface area contributed by atoms with Gasteiger partial charge in [-0.15, -0.1) is 0 Å². The van der Waals surface area contributed by atoms with E-state index in [9.17, 15) is 10.1 Å². The van der Waals surface area contributed by atoms with Crippen molar-refractivity contribution < 1.29 is 9.53 Å². The Bertz CT molecular complexity index is 960. The molecular formula is C26H23N3O2. The van der Waals surface area contributed by atoms with Crippen LogP contribution >= 0.6 is 0 Å². The van der Waals surface area contributed by atoms with E-state index in [0.717, 1.165) is 16.7 Å². The molecule has 0 heterocycles. The molecule has 0 fully saturated rings. The Morgan fingerprint density at radius 3 is 1.71 bits per heavy atom. The van der Waals surface area contributed by atoms with Gasteiger partial charge in [0, 0.05) is 0 Å². The van der Waals surface area contributed by atoms with Crippen molar-refractivity contribution >= 4 is 5.97 Å². The fourth-order valence-electron chi connectivity index (χ4n) is 3.79. The Kier molecular flexibility index (Phi) is 7.17. The molecule has 3 aromatic carbocycles. The number of nitriles is 1. The summed E-state index contributed by atoms with van der Waals surface area (Å²) in [5.74, 6) is -0.518. The SMILES string of the molecule is [C-]#[N+]C(C#N)C[C@H](NC(c1ccccc1)(c1ccccc1)c1ccccc1)C(=O)OC. The second kappa shape index (κ2) is 10.2. The van der Waals surface area contributed by atoms with Crippen molar-refractivity contribution in [3.63, 3.8) is 0 Å². The normalized spacial score (nSPS) is 12.7. The fraction of sp³-hybridized carbons (Fsp3) is 0.192. The van der Waals surface area contributed by atoms with E-state index in [0.29, 0.717) is 0 Å². The minimum atomic E-state index is -0.961. The van der Waals surface area contributed by atoms with Crippen LogP contribution in [0.25, 0.3) is 4.85 Å². The molecule has 0 saturated carbocycles. The van der Waals surface area contributed by atoms with Gasteiger partial charge in [-0.2, -0.15) is 5.26 Å². The van der Waals surface area contributed by atoms with Gasteiger partial charge < -0.3 is 4.74 Å². The molecule has 5 nitrogen and oxygen atoms in total. The zero-order chi connectivity index (χ0) is 22.1. The number of ether oxygens (including phenoxy) is 1. The van der Waals surface area contributed by atoms with Crippen molar-refractivity contribution in [3.05, 3.63) is 119 Å². The van der Waals surface area contributed by atoms with E-state index < -0.39 is 23.6 Å². The first-order valence-corrected chi connectivity index (χ1v) is 9.94. The third kappa shape index (κ3) is 4.64. The van der Waals surface area contributed by atoms with Gasteiger partial charge in [0.2, 0.25) is 0 Å². The lowest BCUT2D eigenvalue weighted by Gasteiger charge is -2.39. The lowest BCUT2D eigenvalue weighted by atomic mass is 9.76. The average molecular weight is 409 g/mol. The van der Waals surface area contributed by atoms with Crippen LogP contribution in [0.3, 0.4) is 0 Å². The zero-order valence-electron chi connectivity index (χ0n) is 17.2. The van der Waals surface area contributed by atoms with Crippen LogP contribution in [0.5, 0.6) is 0 Å². The highest BCUT2D eigenvalue weighted by Crippen LogP contribution is 2.37. The van der Waals surface area contributed by atoms with Crippen LogP contribution in [-0.4, -0.2) is 25.2 Å². The molecule has 0 radical (unpaired) electrons.